The van der Waals surface area contributed by atoms with E-state index in [0.717, 1.165) is 6.54 Å². The molecular formula is C16H20ClFN2. The van der Waals surface area contributed by atoms with E-state index >= 15 is 0 Å². The van der Waals surface area contributed by atoms with Crippen LogP contribution < -0.4 is 5.32 Å². The van der Waals surface area contributed by atoms with Crippen LogP contribution in [0.3, 0.4) is 0 Å². The fourth-order valence-corrected chi connectivity index (χ4v) is 2.12. The molecule has 0 unspecified atom stereocenters. The van der Waals surface area contributed by atoms with E-state index in [1.54, 1.807) is 18.2 Å². The average molecular weight is 295 g/mol. The number of benzene rings is 1. The Bertz CT molecular complexity index is 584. The molecule has 1 aromatic carbocycles. The topological polar surface area (TPSA) is 17.0 Å². The zero-order valence-corrected chi connectivity index (χ0v) is 12.8. The van der Waals surface area contributed by atoms with Crippen LogP contribution in [-0.2, 0) is 13.1 Å². The third kappa shape index (κ3) is 4.09. The van der Waals surface area contributed by atoms with Gasteiger partial charge >= 0.3 is 0 Å². The Labute approximate surface area is 124 Å². The summed E-state index contributed by atoms with van der Waals surface area (Å²) in [6.07, 6.45) is 3.99. The highest BCUT2D eigenvalue weighted by molar-refractivity contribution is 6.30. The molecule has 0 fully saturated rings. The Balaban J connectivity index is 2.04. The van der Waals surface area contributed by atoms with Gasteiger partial charge in [-0.1, -0.05) is 23.7 Å². The molecule has 2 rings (SSSR count). The van der Waals surface area contributed by atoms with Crippen LogP contribution in [0.5, 0.6) is 0 Å². The second-order valence-corrected chi connectivity index (χ2v) is 6.42. The van der Waals surface area contributed by atoms with E-state index in [9.17, 15) is 4.39 Å². The molecule has 0 aliphatic rings. The van der Waals surface area contributed by atoms with Crippen LogP contribution in [-0.4, -0.2) is 10.1 Å². The quantitative estimate of drug-likeness (QED) is 0.893. The first-order valence-electron chi connectivity index (χ1n) is 6.68. The predicted octanol–water partition coefficient (Wildman–Crippen LogP) is 4.22. The molecule has 0 saturated carbocycles. The van der Waals surface area contributed by atoms with Gasteiger partial charge in [-0.2, -0.15) is 0 Å². The molecular weight excluding hydrogens is 275 g/mol. The predicted molar refractivity (Wildman–Crippen MR) is 81.5 cm³/mol. The molecule has 108 valence electrons. The maximum atomic E-state index is 13.8. The molecule has 2 aromatic rings. The second-order valence-electron chi connectivity index (χ2n) is 6.01. The zero-order valence-electron chi connectivity index (χ0n) is 12.1. The number of hydrogen-bond donors (Lipinski definition) is 1. The van der Waals surface area contributed by atoms with Gasteiger partial charge in [-0.15, -0.1) is 0 Å². The van der Waals surface area contributed by atoms with E-state index in [1.807, 2.05) is 23.0 Å². The fourth-order valence-electron chi connectivity index (χ4n) is 1.93. The molecule has 1 N–H and O–H groups in total. The minimum atomic E-state index is -0.336. The van der Waals surface area contributed by atoms with Gasteiger partial charge in [-0.3, -0.25) is 0 Å². The molecule has 4 heteroatoms. The van der Waals surface area contributed by atoms with Crippen LogP contribution in [0.4, 0.5) is 4.39 Å². The van der Waals surface area contributed by atoms with E-state index in [1.165, 1.54) is 5.56 Å². The monoisotopic (exact) mass is 294 g/mol. The van der Waals surface area contributed by atoms with Crippen molar-refractivity contribution in [2.45, 2.75) is 39.4 Å². The van der Waals surface area contributed by atoms with Crippen molar-refractivity contribution in [3.63, 3.8) is 0 Å². The SMILES string of the molecule is CC(C)(C)NCc1ccn(Cc2cccc(Cl)c2F)c1. The Kier molecular flexibility index (Phi) is 4.51. The van der Waals surface area contributed by atoms with Crippen molar-refractivity contribution in [2.75, 3.05) is 0 Å². The minimum Gasteiger partial charge on any atom is -0.349 e. The van der Waals surface area contributed by atoms with E-state index in [2.05, 4.69) is 26.1 Å². The number of nitrogens with zero attached hydrogens (tertiary/aromatic N) is 1. The lowest BCUT2D eigenvalue weighted by Gasteiger charge is -2.19. The molecule has 0 radical (unpaired) electrons. The standard InChI is InChI=1S/C16H20ClFN2/c1-16(2,3)19-9-12-7-8-20(10-12)11-13-5-4-6-14(17)15(13)18/h4-8,10,19H,9,11H2,1-3H3. The first-order valence-corrected chi connectivity index (χ1v) is 7.05. The van der Waals surface area contributed by atoms with Crippen molar-refractivity contribution in [1.29, 1.82) is 0 Å². The van der Waals surface area contributed by atoms with Crippen molar-refractivity contribution in [1.82, 2.24) is 9.88 Å². The van der Waals surface area contributed by atoms with Crippen LogP contribution in [0.25, 0.3) is 0 Å². The van der Waals surface area contributed by atoms with Crippen molar-refractivity contribution in [3.8, 4) is 0 Å². The van der Waals surface area contributed by atoms with Crippen molar-refractivity contribution >= 4 is 11.6 Å². The van der Waals surface area contributed by atoms with Gasteiger partial charge in [0.25, 0.3) is 0 Å². The highest BCUT2D eigenvalue weighted by Gasteiger charge is 2.10. The smallest absolute Gasteiger partial charge is 0.146 e. The summed E-state index contributed by atoms with van der Waals surface area (Å²) in [5, 5.41) is 3.60. The van der Waals surface area contributed by atoms with E-state index in [0.29, 0.717) is 12.1 Å². The van der Waals surface area contributed by atoms with Gasteiger partial charge in [-0.05, 0) is 38.5 Å². The van der Waals surface area contributed by atoms with Crippen LogP contribution >= 0.6 is 11.6 Å². The van der Waals surface area contributed by atoms with Gasteiger partial charge in [0.1, 0.15) is 5.82 Å². The first kappa shape index (κ1) is 15.1. The Morgan fingerprint density at radius 2 is 2.00 bits per heavy atom. The van der Waals surface area contributed by atoms with E-state index in [-0.39, 0.29) is 16.4 Å². The molecule has 20 heavy (non-hydrogen) atoms. The zero-order chi connectivity index (χ0) is 14.8. The molecule has 1 aromatic heterocycles. The van der Waals surface area contributed by atoms with Crippen LogP contribution in [0.2, 0.25) is 5.02 Å². The molecule has 0 aliphatic heterocycles. The van der Waals surface area contributed by atoms with Gasteiger partial charge in [0.15, 0.2) is 0 Å². The molecule has 0 amide bonds. The van der Waals surface area contributed by atoms with Gasteiger partial charge in [0.05, 0.1) is 5.02 Å². The summed E-state index contributed by atoms with van der Waals surface area (Å²) < 4.78 is 15.8. The van der Waals surface area contributed by atoms with Crippen molar-refractivity contribution < 1.29 is 4.39 Å². The van der Waals surface area contributed by atoms with Crippen molar-refractivity contribution in [3.05, 3.63) is 58.6 Å². The lowest BCUT2D eigenvalue weighted by molar-refractivity contribution is 0.424. The highest BCUT2D eigenvalue weighted by Crippen LogP contribution is 2.19. The van der Waals surface area contributed by atoms with Gasteiger partial charge in [0.2, 0.25) is 0 Å². The van der Waals surface area contributed by atoms with Crippen LogP contribution in [0, 0.1) is 5.82 Å². The fraction of sp³-hybridized carbons (Fsp3) is 0.375. The van der Waals surface area contributed by atoms with Crippen LogP contribution in [0.15, 0.2) is 36.7 Å². The molecule has 0 spiro atoms. The molecule has 0 aliphatic carbocycles. The van der Waals surface area contributed by atoms with Gasteiger partial charge in [0, 0.05) is 36.6 Å². The normalized spacial score (nSPS) is 11.8. The third-order valence-electron chi connectivity index (χ3n) is 3.02. The second kappa shape index (κ2) is 5.98. The molecule has 0 saturated heterocycles. The average Bonchev–Trinajstić information content (AvgIpc) is 2.80. The molecule has 0 atom stereocenters. The molecule has 1 heterocycles. The number of rotatable bonds is 4. The summed E-state index contributed by atoms with van der Waals surface area (Å²) in [6, 6.07) is 7.14. The largest absolute Gasteiger partial charge is 0.349 e. The first-order chi connectivity index (χ1) is 9.35. The minimum absolute atomic E-state index is 0.0845. The maximum absolute atomic E-state index is 13.8. The Hall–Kier alpha value is -1.32. The Morgan fingerprint density at radius 1 is 1.25 bits per heavy atom. The highest BCUT2D eigenvalue weighted by atomic mass is 35.5. The lowest BCUT2D eigenvalue weighted by atomic mass is 10.1. The lowest BCUT2D eigenvalue weighted by Crippen LogP contribution is -2.34. The van der Waals surface area contributed by atoms with Gasteiger partial charge in [-0.25, -0.2) is 4.39 Å². The summed E-state index contributed by atoms with van der Waals surface area (Å²) in [5.41, 5.74) is 1.87. The summed E-state index contributed by atoms with van der Waals surface area (Å²) in [5.74, 6) is -0.336. The summed E-state index contributed by atoms with van der Waals surface area (Å²) >= 11 is 5.79. The van der Waals surface area contributed by atoms with Crippen molar-refractivity contribution in [2.24, 2.45) is 0 Å². The number of hydrogen-bond acceptors (Lipinski definition) is 1. The van der Waals surface area contributed by atoms with Gasteiger partial charge < -0.3 is 9.88 Å². The maximum Gasteiger partial charge on any atom is 0.146 e. The Morgan fingerprint density at radius 3 is 2.70 bits per heavy atom. The number of aromatic nitrogens is 1. The van der Waals surface area contributed by atoms with Crippen LogP contribution in [0.1, 0.15) is 31.9 Å². The third-order valence-corrected chi connectivity index (χ3v) is 3.31. The summed E-state index contributed by atoms with van der Waals surface area (Å²) in [6.45, 7) is 7.68. The molecule has 2 nitrogen and oxygen atoms in total. The summed E-state index contributed by atoms with van der Waals surface area (Å²) in [7, 11) is 0. The number of halogens is 2. The molecule has 0 bridgehead atoms. The summed E-state index contributed by atoms with van der Waals surface area (Å²) in [4.78, 5) is 0. The number of nitrogens with one attached hydrogen (secondary N) is 1. The van der Waals surface area contributed by atoms with E-state index < -0.39 is 0 Å². The van der Waals surface area contributed by atoms with E-state index in [4.69, 9.17) is 11.6 Å².